The predicted molar refractivity (Wildman–Crippen MR) is 102 cm³/mol. The fraction of sp³-hybridized carbons (Fsp3) is 0.136. The highest BCUT2D eigenvalue weighted by Crippen LogP contribution is 2.12. The first-order valence-corrected chi connectivity index (χ1v) is 8.48. The number of nitrogens with zero attached hydrogens (tertiary/aromatic N) is 1. The maximum absolute atomic E-state index is 12.1. The van der Waals surface area contributed by atoms with Crippen LogP contribution >= 0.6 is 0 Å². The molecule has 3 rings (SSSR count). The molecule has 4 heteroatoms. The molecule has 0 N–H and O–H groups in total. The molecule has 2 aromatic carbocycles. The summed E-state index contributed by atoms with van der Waals surface area (Å²) < 4.78 is 5.02. The van der Waals surface area contributed by atoms with E-state index in [1.807, 2.05) is 48.5 Å². The monoisotopic (exact) mass is 345 g/mol. The molecule has 3 aromatic rings. The van der Waals surface area contributed by atoms with Gasteiger partial charge in [0.25, 0.3) is 0 Å². The van der Waals surface area contributed by atoms with E-state index in [-0.39, 0.29) is 12.4 Å². The topological polar surface area (TPSA) is 56.3 Å². The second kappa shape index (κ2) is 8.21. The largest absolute Gasteiger partial charge is 0.454 e. The first-order valence-electron chi connectivity index (χ1n) is 8.48. The minimum atomic E-state index is -0.571. The maximum atomic E-state index is 12.1. The molecule has 0 saturated heterocycles. The number of ketones is 1. The number of aryl methyl sites for hydroxylation is 1. The Morgan fingerprint density at radius 3 is 2.54 bits per heavy atom. The Balaban J connectivity index is 1.57. The number of ether oxygens (including phenoxy) is 1. The number of aromatic nitrogens is 1. The average molecular weight is 345 g/mol. The molecule has 0 aliphatic carbocycles. The molecule has 0 amide bonds. The Morgan fingerprint density at radius 1 is 1.00 bits per heavy atom. The molecular weight excluding hydrogens is 326 g/mol. The first-order chi connectivity index (χ1) is 12.7. The summed E-state index contributed by atoms with van der Waals surface area (Å²) in [5.41, 5.74) is 3.20. The van der Waals surface area contributed by atoms with E-state index >= 15 is 0 Å². The van der Waals surface area contributed by atoms with Gasteiger partial charge in [-0.05, 0) is 30.2 Å². The van der Waals surface area contributed by atoms with Gasteiger partial charge < -0.3 is 4.74 Å². The lowest BCUT2D eigenvalue weighted by atomic mass is 10.1. The van der Waals surface area contributed by atoms with Crippen molar-refractivity contribution in [1.82, 2.24) is 4.98 Å². The quantitative estimate of drug-likeness (QED) is 0.381. The van der Waals surface area contributed by atoms with Crippen LogP contribution in [0.3, 0.4) is 0 Å². The molecule has 4 nitrogen and oxygen atoms in total. The lowest BCUT2D eigenvalue weighted by Crippen LogP contribution is -2.12. The molecule has 0 aliphatic heterocycles. The zero-order chi connectivity index (χ0) is 18.4. The SMILES string of the molecule is CCc1ccc(C(=O)COC(=O)/C=C/c2ccc3ccccc3n2)cc1. The highest BCUT2D eigenvalue weighted by molar-refractivity contribution is 5.99. The highest BCUT2D eigenvalue weighted by Gasteiger charge is 2.08. The van der Waals surface area contributed by atoms with Gasteiger partial charge in [0, 0.05) is 17.0 Å². The molecule has 0 radical (unpaired) electrons. The fourth-order valence-electron chi connectivity index (χ4n) is 2.52. The molecule has 130 valence electrons. The third-order valence-electron chi connectivity index (χ3n) is 4.04. The summed E-state index contributed by atoms with van der Waals surface area (Å²) in [6, 6.07) is 18.8. The van der Waals surface area contributed by atoms with E-state index in [9.17, 15) is 9.59 Å². The molecule has 0 atom stereocenters. The minimum absolute atomic E-state index is 0.224. The highest BCUT2D eigenvalue weighted by atomic mass is 16.5. The minimum Gasteiger partial charge on any atom is -0.454 e. The summed E-state index contributed by atoms with van der Waals surface area (Å²) in [7, 11) is 0. The van der Waals surface area contributed by atoms with Gasteiger partial charge in [-0.1, -0.05) is 55.5 Å². The van der Waals surface area contributed by atoms with Crippen LogP contribution in [0.4, 0.5) is 0 Å². The number of pyridine rings is 1. The van der Waals surface area contributed by atoms with Gasteiger partial charge in [0.2, 0.25) is 0 Å². The number of hydrogen-bond donors (Lipinski definition) is 0. The molecule has 0 unspecified atom stereocenters. The van der Waals surface area contributed by atoms with Gasteiger partial charge >= 0.3 is 5.97 Å². The van der Waals surface area contributed by atoms with Crippen molar-refractivity contribution in [2.75, 3.05) is 6.61 Å². The molecule has 0 spiro atoms. The third kappa shape index (κ3) is 4.42. The van der Waals surface area contributed by atoms with Crippen LogP contribution < -0.4 is 0 Å². The lowest BCUT2D eigenvalue weighted by Gasteiger charge is -2.03. The van der Waals surface area contributed by atoms with Crippen LogP contribution in [-0.2, 0) is 16.0 Å². The van der Waals surface area contributed by atoms with Crippen molar-refractivity contribution in [2.24, 2.45) is 0 Å². The van der Waals surface area contributed by atoms with E-state index in [2.05, 4.69) is 11.9 Å². The van der Waals surface area contributed by atoms with Crippen LogP contribution in [0.15, 0.2) is 66.7 Å². The van der Waals surface area contributed by atoms with E-state index in [1.165, 1.54) is 6.08 Å². The van der Waals surface area contributed by atoms with Crippen molar-refractivity contribution in [3.05, 3.63) is 83.6 Å². The Morgan fingerprint density at radius 2 is 1.77 bits per heavy atom. The van der Waals surface area contributed by atoms with E-state index in [0.29, 0.717) is 11.3 Å². The number of carbonyl (C=O) groups is 2. The molecule has 0 aliphatic rings. The molecule has 1 aromatic heterocycles. The number of para-hydroxylation sites is 1. The van der Waals surface area contributed by atoms with Gasteiger partial charge in [0.1, 0.15) is 0 Å². The van der Waals surface area contributed by atoms with Crippen molar-refractivity contribution in [1.29, 1.82) is 0 Å². The van der Waals surface area contributed by atoms with Gasteiger partial charge in [-0.25, -0.2) is 9.78 Å². The third-order valence-corrected chi connectivity index (χ3v) is 4.04. The van der Waals surface area contributed by atoms with Crippen molar-refractivity contribution < 1.29 is 14.3 Å². The van der Waals surface area contributed by atoms with E-state index < -0.39 is 5.97 Å². The van der Waals surface area contributed by atoms with Crippen LogP contribution in [0.25, 0.3) is 17.0 Å². The predicted octanol–water partition coefficient (Wildman–Crippen LogP) is 4.24. The number of rotatable bonds is 6. The van der Waals surface area contributed by atoms with Crippen LogP contribution in [0.2, 0.25) is 0 Å². The van der Waals surface area contributed by atoms with Crippen LogP contribution in [0.1, 0.15) is 28.5 Å². The first kappa shape index (κ1) is 17.5. The Kier molecular flexibility index (Phi) is 5.54. The summed E-state index contributed by atoms with van der Waals surface area (Å²) in [5, 5.41) is 1.03. The maximum Gasteiger partial charge on any atom is 0.331 e. The van der Waals surface area contributed by atoms with E-state index in [0.717, 1.165) is 22.9 Å². The van der Waals surface area contributed by atoms with Gasteiger partial charge in [-0.2, -0.15) is 0 Å². The van der Waals surface area contributed by atoms with E-state index in [1.54, 1.807) is 18.2 Å². The molecular formula is C22H19NO3. The number of carbonyl (C=O) groups excluding carboxylic acids is 2. The zero-order valence-corrected chi connectivity index (χ0v) is 14.5. The van der Waals surface area contributed by atoms with Crippen molar-refractivity contribution >= 4 is 28.7 Å². The van der Waals surface area contributed by atoms with Gasteiger partial charge in [0.15, 0.2) is 12.4 Å². The fourth-order valence-corrected chi connectivity index (χ4v) is 2.52. The summed E-state index contributed by atoms with van der Waals surface area (Å²) >= 11 is 0. The Bertz CT molecular complexity index is 959. The summed E-state index contributed by atoms with van der Waals surface area (Å²) in [6.07, 6.45) is 3.77. The van der Waals surface area contributed by atoms with Crippen LogP contribution in [0.5, 0.6) is 0 Å². The normalized spacial score (nSPS) is 11.0. The number of benzene rings is 2. The van der Waals surface area contributed by atoms with Crippen molar-refractivity contribution in [3.63, 3.8) is 0 Å². The van der Waals surface area contributed by atoms with Crippen molar-refractivity contribution in [2.45, 2.75) is 13.3 Å². The Hall–Kier alpha value is -3.27. The smallest absolute Gasteiger partial charge is 0.331 e. The molecule has 1 heterocycles. The lowest BCUT2D eigenvalue weighted by molar-refractivity contribution is -0.136. The average Bonchev–Trinajstić information content (AvgIpc) is 2.70. The summed E-state index contributed by atoms with van der Waals surface area (Å²) in [5.74, 6) is -0.795. The van der Waals surface area contributed by atoms with Gasteiger partial charge in [-0.15, -0.1) is 0 Å². The van der Waals surface area contributed by atoms with Crippen LogP contribution in [-0.4, -0.2) is 23.3 Å². The second-order valence-corrected chi connectivity index (χ2v) is 5.84. The Labute approximate surface area is 152 Å². The molecule has 0 fully saturated rings. The van der Waals surface area contributed by atoms with Gasteiger partial charge in [-0.3, -0.25) is 4.79 Å². The zero-order valence-electron chi connectivity index (χ0n) is 14.5. The molecule has 26 heavy (non-hydrogen) atoms. The second-order valence-electron chi connectivity index (χ2n) is 5.84. The molecule has 0 bridgehead atoms. The number of Topliss-reactive ketones (excluding diaryl/α,β-unsaturated/α-hetero) is 1. The summed E-state index contributed by atoms with van der Waals surface area (Å²) in [4.78, 5) is 28.3. The number of fused-ring (bicyclic) bond motifs is 1. The standard InChI is InChI=1S/C22H19NO3/c1-2-16-7-9-18(10-8-16)21(24)15-26-22(25)14-13-19-12-11-17-5-3-4-6-20(17)23-19/h3-14H,2,15H2,1H3/b14-13+. The molecule has 0 saturated carbocycles. The van der Waals surface area contributed by atoms with Crippen LogP contribution in [0, 0.1) is 0 Å². The number of hydrogen-bond acceptors (Lipinski definition) is 4. The van der Waals surface area contributed by atoms with Gasteiger partial charge in [0.05, 0.1) is 11.2 Å². The summed E-state index contributed by atoms with van der Waals surface area (Å²) in [6.45, 7) is 1.77. The van der Waals surface area contributed by atoms with Crippen molar-refractivity contribution in [3.8, 4) is 0 Å². The van der Waals surface area contributed by atoms with E-state index in [4.69, 9.17) is 4.74 Å². The number of esters is 1.